The quantitative estimate of drug-likeness (QED) is 0.937. The molecule has 0 aromatic heterocycles. The summed E-state index contributed by atoms with van der Waals surface area (Å²) >= 11 is 0. The van der Waals surface area contributed by atoms with Gasteiger partial charge in [0.15, 0.2) is 9.84 Å². The number of sulfone groups is 1. The van der Waals surface area contributed by atoms with Gasteiger partial charge in [-0.3, -0.25) is 4.79 Å². The molecule has 1 aliphatic heterocycles. The van der Waals surface area contributed by atoms with Crippen LogP contribution in [0.15, 0.2) is 42.5 Å². The van der Waals surface area contributed by atoms with Gasteiger partial charge in [0.25, 0.3) is 0 Å². The van der Waals surface area contributed by atoms with Gasteiger partial charge in [0.2, 0.25) is 5.91 Å². The van der Waals surface area contributed by atoms with Crippen LogP contribution in [0.4, 0.5) is 0 Å². The van der Waals surface area contributed by atoms with E-state index in [1.165, 1.54) is 0 Å². The highest BCUT2D eigenvalue weighted by molar-refractivity contribution is 7.91. The van der Waals surface area contributed by atoms with Crippen LogP contribution < -0.4 is 5.32 Å². The predicted molar refractivity (Wildman–Crippen MR) is 91.9 cm³/mol. The maximum atomic E-state index is 12.2. The fourth-order valence-electron chi connectivity index (χ4n) is 3.30. The lowest BCUT2D eigenvalue weighted by Gasteiger charge is -2.17. The Labute approximate surface area is 136 Å². The van der Waals surface area contributed by atoms with Crippen molar-refractivity contribution >= 4 is 26.5 Å². The van der Waals surface area contributed by atoms with Gasteiger partial charge in [-0.25, -0.2) is 8.42 Å². The fourth-order valence-corrected chi connectivity index (χ4v) is 5.16. The minimum Gasteiger partial charge on any atom is -0.350 e. The SMILES string of the molecule is CC(NC(=O)CC1CCS(=O)(=O)C1)c1cccc2ccccc12. The molecule has 0 radical (unpaired) electrons. The minimum absolute atomic E-state index is 0.0419. The third-order valence-electron chi connectivity index (χ3n) is 4.47. The van der Waals surface area contributed by atoms with E-state index in [1.54, 1.807) is 0 Å². The Balaban J connectivity index is 1.68. The molecule has 122 valence electrons. The Morgan fingerprint density at radius 1 is 1.22 bits per heavy atom. The van der Waals surface area contributed by atoms with Crippen LogP contribution in [0.2, 0.25) is 0 Å². The van der Waals surface area contributed by atoms with Gasteiger partial charge in [0.1, 0.15) is 0 Å². The van der Waals surface area contributed by atoms with Gasteiger partial charge in [-0.15, -0.1) is 0 Å². The summed E-state index contributed by atoms with van der Waals surface area (Å²) in [7, 11) is -2.93. The van der Waals surface area contributed by atoms with Gasteiger partial charge in [0.05, 0.1) is 17.5 Å². The van der Waals surface area contributed by atoms with E-state index in [4.69, 9.17) is 0 Å². The second-order valence-corrected chi connectivity index (χ2v) is 8.56. The van der Waals surface area contributed by atoms with Crippen molar-refractivity contribution in [3.63, 3.8) is 0 Å². The lowest BCUT2D eigenvalue weighted by atomic mass is 9.99. The first-order valence-corrected chi connectivity index (χ1v) is 9.74. The summed E-state index contributed by atoms with van der Waals surface area (Å²) in [5, 5.41) is 5.29. The number of nitrogens with one attached hydrogen (secondary N) is 1. The predicted octanol–water partition coefficient (Wildman–Crippen LogP) is 2.84. The average Bonchev–Trinajstić information content (AvgIpc) is 2.85. The highest BCUT2D eigenvalue weighted by atomic mass is 32.2. The molecule has 1 amide bonds. The molecule has 3 rings (SSSR count). The second kappa shape index (κ2) is 6.32. The zero-order valence-corrected chi connectivity index (χ0v) is 14.0. The smallest absolute Gasteiger partial charge is 0.220 e. The molecule has 0 bridgehead atoms. The summed E-state index contributed by atoms with van der Waals surface area (Å²) in [5.74, 6) is 0.236. The highest BCUT2D eigenvalue weighted by Gasteiger charge is 2.29. The Kier molecular flexibility index (Phi) is 4.39. The summed E-state index contributed by atoms with van der Waals surface area (Å²) in [6.45, 7) is 1.96. The van der Waals surface area contributed by atoms with Crippen LogP contribution in [-0.4, -0.2) is 25.8 Å². The van der Waals surface area contributed by atoms with Crippen LogP contribution in [0.5, 0.6) is 0 Å². The summed E-state index contributed by atoms with van der Waals surface area (Å²) in [6, 6.07) is 14.0. The van der Waals surface area contributed by atoms with Crippen molar-refractivity contribution in [2.45, 2.75) is 25.8 Å². The minimum atomic E-state index is -2.93. The zero-order chi connectivity index (χ0) is 16.4. The van der Waals surface area contributed by atoms with Crippen molar-refractivity contribution in [2.24, 2.45) is 5.92 Å². The number of amides is 1. The van der Waals surface area contributed by atoms with Crippen molar-refractivity contribution in [3.8, 4) is 0 Å². The summed E-state index contributed by atoms with van der Waals surface area (Å²) in [5.41, 5.74) is 1.08. The third-order valence-corrected chi connectivity index (χ3v) is 6.31. The molecular weight excluding hydrogens is 310 g/mol. The Morgan fingerprint density at radius 3 is 2.70 bits per heavy atom. The molecule has 0 saturated carbocycles. The molecule has 0 spiro atoms. The van der Waals surface area contributed by atoms with Crippen LogP contribution >= 0.6 is 0 Å². The lowest BCUT2D eigenvalue weighted by Crippen LogP contribution is -2.28. The van der Waals surface area contributed by atoms with Crippen molar-refractivity contribution in [3.05, 3.63) is 48.0 Å². The van der Waals surface area contributed by atoms with Gasteiger partial charge in [-0.2, -0.15) is 0 Å². The maximum absolute atomic E-state index is 12.2. The van der Waals surface area contributed by atoms with Gasteiger partial charge in [-0.05, 0) is 35.6 Å². The number of carbonyl (C=O) groups is 1. The van der Waals surface area contributed by atoms with Gasteiger partial charge < -0.3 is 5.32 Å². The first-order chi connectivity index (χ1) is 10.9. The molecule has 1 fully saturated rings. The lowest BCUT2D eigenvalue weighted by molar-refractivity contribution is -0.122. The van der Waals surface area contributed by atoms with E-state index in [-0.39, 0.29) is 35.8 Å². The molecule has 0 aliphatic carbocycles. The van der Waals surface area contributed by atoms with Crippen LogP contribution in [0.25, 0.3) is 10.8 Å². The van der Waals surface area contributed by atoms with E-state index in [0.29, 0.717) is 6.42 Å². The van der Waals surface area contributed by atoms with E-state index >= 15 is 0 Å². The Morgan fingerprint density at radius 2 is 1.96 bits per heavy atom. The van der Waals surface area contributed by atoms with Crippen LogP contribution in [0, 0.1) is 5.92 Å². The first kappa shape index (κ1) is 16.0. The molecule has 1 saturated heterocycles. The highest BCUT2D eigenvalue weighted by Crippen LogP contribution is 2.25. The summed E-state index contributed by atoms with van der Waals surface area (Å²) < 4.78 is 23.0. The van der Waals surface area contributed by atoms with Crippen molar-refractivity contribution in [1.82, 2.24) is 5.32 Å². The molecule has 23 heavy (non-hydrogen) atoms. The largest absolute Gasteiger partial charge is 0.350 e. The van der Waals surface area contributed by atoms with Gasteiger partial charge in [-0.1, -0.05) is 42.5 Å². The van der Waals surface area contributed by atoms with E-state index in [9.17, 15) is 13.2 Å². The molecule has 1 heterocycles. The molecule has 4 nitrogen and oxygen atoms in total. The third kappa shape index (κ3) is 3.72. The zero-order valence-electron chi connectivity index (χ0n) is 13.2. The van der Waals surface area contributed by atoms with Gasteiger partial charge in [0, 0.05) is 6.42 Å². The topological polar surface area (TPSA) is 63.2 Å². The number of carbonyl (C=O) groups excluding carboxylic acids is 1. The fraction of sp³-hybridized carbons (Fsp3) is 0.389. The molecule has 1 aliphatic rings. The number of benzene rings is 2. The number of hydrogen-bond acceptors (Lipinski definition) is 3. The number of fused-ring (bicyclic) bond motifs is 1. The van der Waals surface area contributed by atoms with E-state index < -0.39 is 9.84 Å². The second-order valence-electron chi connectivity index (χ2n) is 6.33. The van der Waals surface area contributed by atoms with Crippen molar-refractivity contribution in [1.29, 1.82) is 0 Å². The van der Waals surface area contributed by atoms with E-state index in [1.807, 2.05) is 31.2 Å². The first-order valence-electron chi connectivity index (χ1n) is 7.92. The van der Waals surface area contributed by atoms with Crippen molar-refractivity contribution < 1.29 is 13.2 Å². The average molecular weight is 331 g/mol. The summed E-state index contributed by atoms with van der Waals surface area (Å²) in [4.78, 5) is 12.2. The monoisotopic (exact) mass is 331 g/mol. The molecule has 5 heteroatoms. The Hall–Kier alpha value is -1.88. The Bertz CT molecular complexity index is 824. The number of hydrogen-bond donors (Lipinski definition) is 1. The van der Waals surface area contributed by atoms with E-state index in [0.717, 1.165) is 16.3 Å². The molecular formula is C18H21NO3S. The van der Waals surface area contributed by atoms with Gasteiger partial charge >= 0.3 is 0 Å². The number of rotatable bonds is 4. The van der Waals surface area contributed by atoms with Crippen molar-refractivity contribution in [2.75, 3.05) is 11.5 Å². The molecule has 2 unspecified atom stereocenters. The van der Waals surface area contributed by atoms with E-state index in [2.05, 4.69) is 23.5 Å². The maximum Gasteiger partial charge on any atom is 0.220 e. The van der Waals surface area contributed by atoms with Crippen LogP contribution in [0.1, 0.15) is 31.4 Å². The normalized spacial score (nSPS) is 21.2. The van der Waals surface area contributed by atoms with Crippen LogP contribution in [0.3, 0.4) is 0 Å². The summed E-state index contributed by atoms with van der Waals surface area (Å²) in [6.07, 6.45) is 0.882. The molecule has 2 atom stereocenters. The molecule has 2 aromatic carbocycles. The van der Waals surface area contributed by atoms with Crippen LogP contribution in [-0.2, 0) is 14.6 Å². The standard InChI is InChI=1S/C18H21NO3S/c1-13(16-8-4-6-15-5-2-3-7-17(15)16)19-18(20)11-14-9-10-23(21,22)12-14/h2-8,13-14H,9-12H2,1H3,(H,19,20). The molecule has 1 N–H and O–H groups in total. The molecule has 2 aromatic rings.